The summed E-state index contributed by atoms with van der Waals surface area (Å²) in [6, 6.07) is 30.9. The van der Waals surface area contributed by atoms with E-state index in [1.807, 2.05) is 0 Å². The number of rotatable bonds is 3. The Morgan fingerprint density at radius 2 is 1.25 bits per heavy atom. The highest BCUT2D eigenvalue weighted by Crippen LogP contribution is 2.37. The van der Waals surface area contributed by atoms with Crippen LogP contribution in [-0.2, 0) is 0 Å². The third-order valence-electron chi connectivity index (χ3n) is 4.96. The Kier molecular flexibility index (Phi) is 3.82. The predicted octanol–water partition coefficient (Wildman–Crippen LogP) is 6.78. The third kappa shape index (κ3) is 2.59. The zero-order valence-electron chi connectivity index (χ0n) is 14.2. The summed E-state index contributed by atoms with van der Waals surface area (Å²) in [5.74, 6) is 0.942. The van der Waals surface area contributed by atoms with Gasteiger partial charge in [0.15, 0.2) is 0 Å². The van der Waals surface area contributed by atoms with E-state index in [4.69, 9.17) is 0 Å². The van der Waals surface area contributed by atoms with Gasteiger partial charge in [-0.1, -0.05) is 98.8 Å². The smallest absolute Gasteiger partial charge is 0.0119 e. The highest BCUT2D eigenvalue weighted by Gasteiger charge is 2.20. The van der Waals surface area contributed by atoms with Gasteiger partial charge >= 0.3 is 0 Å². The lowest BCUT2D eigenvalue weighted by molar-refractivity contribution is 0.567. The summed E-state index contributed by atoms with van der Waals surface area (Å²) in [4.78, 5) is 0. The first kappa shape index (κ1) is 15.0. The molecule has 24 heavy (non-hydrogen) atoms. The molecule has 4 aromatic rings. The van der Waals surface area contributed by atoms with E-state index in [-0.39, 0.29) is 0 Å². The number of benzene rings is 4. The summed E-state index contributed by atoms with van der Waals surface area (Å²) in [6.45, 7) is 4.64. The fourth-order valence-corrected chi connectivity index (χ4v) is 3.85. The predicted molar refractivity (Wildman–Crippen MR) is 105 cm³/mol. The van der Waals surface area contributed by atoms with Crippen molar-refractivity contribution in [3.05, 3.63) is 96.1 Å². The van der Waals surface area contributed by atoms with Crippen LogP contribution in [0.3, 0.4) is 0 Å². The summed E-state index contributed by atoms with van der Waals surface area (Å²) in [5, 5.41) is 5.32. The topological polar surface area (TPSA) is 0 Å². The fourth-order valence-electron chi connectivity index (χ4n) is 3.85. The van der Waals surface area contributed by atoms with E-state index >= 15 is 0 Å². The molecular formula is C24H22. The lowest BCUT2D eigenvalue weighted by atomic mass is 9.80. The highest BCUT2D eigenvalue weighted by atomic mass is 14.2. The second kappa shape index (κ2) is 6.13. The molecule has 118 valence electrons. The van der Waals surface area contributed by atoms with Crippen molar-refractivity contribution in [3.8, 4) is 0 Å². The molecule has 1 unspecified atom stereocenters. The van der Waals surface area contributed by atoms with Gasteiger partial charge in [-0.3, -0.25) is 0 Å². The first-order valence-corrected chi connectivity index (χ1v) is 8.70. The van der Waals surface area contributed by atoms with Gasteiger partial charge in [0.05, 0.1) is 0 Å². The van der Waals surface area contributed by atoms with Gasteiger partial charge in [-0.15, -0.1) is 0 Å². The fraction of sp³-hybridized carbons (Fsp3) is 0.167. The van der Waals surface area contributed by atoms with Crippen LogP contribution < -0.4 is 0 Å². The maximum absolute atomic E-state index is 2.36. The van der Waals surface area contributed by atoms with E-state index in [0.717, 1.165) is 0 Å². The number of fused-ring (bicyclic) bond motifs is 2. The van der Waals surface area contributed by atoms with E-state index in [1.165, 1.54) is 32.7 Å². The van der Waals surface area contributed by atoms with E-state index < -0.39 is 0 Å². The van der Waals surface area contributed by atoms with Gasteiger partial charge in [-0.25, -0.2) is 0 Å². The SMILES string of the molecule is CC(C)C(c1ccc2ccccc2c1)c1cccc2ccccc12. The molecule has 1 atom stereocenters. The second-order valence-corrected chi connectivity index (χ2v) is 6.90. The number of hydrogen-bond acceptors (Lipinski definition) is 0. The van der Waals surface area contributed by atoms with Gasteiger partial charge in [0, 0.05) is 5.92 Å². The summed E-state index contributed by atoms with van der Waals surface area (Å²) in [7, 11) is 0. The maximum Gasteiger partial charge on any atom is 0.0119 e. The molecule has 0 nitrogen and oxygen atoms in total. The highest BCUT2D eigenvalue weighted by molar-refractivity contribution is 5.87. The monoisotopic (exact) mass is 310 g/mol. The van der Waals surface area contributed by atoms with Crippen LogP contribution in [0.4, 0.5) is 0 Å². The van der Waals surface area contributed by atoms with Crippen molar-refractivity contribution in [3.63, 3.8) is 0 Å². The van der Waals surface area contributed by atoms with E-state index in [2.05, 4.69) is 98.8 Å². The Labute approximate surface area is 143 Å². The van der Waals surface area contributed by atoms with Crippen LogP contribution in [-0.4, -0.2) is 0 Å². The Hall–Kier alpha value is -2.60. The van der Waals surface area contributed by atoms with Crippen molar-refractivity contribution >= 4 is 21.5 Å². The van der Waals surface area contributed by atoms with Crippen molar-refractivity contribution in [2.24, 2.45) is 5.92 Å². The molecule has 0 saturated carbocycles. The largest absolute Gasteiger partial charge is 0.0619 e. The van der Waals surface area contributed by atoms with Crippen LogP contribution in [0.5, 0.6) is 0 Å². The molecule has 0 aliphatic heterocycles. The lowest BCUT2D eigenvalue weighted by Crippen LogP contribution is -2.09. The van der Waals surface area contributed by atoms with Crippen LogP contribution in [0.25, 0.3) is 21.5 Å². The summed E-state index contributed by atoms with van der Waals surface area (Å²) in [6.07, 6.45) is 0. The standard InChI is InChI=1S/C24H22/c1-17(2)24(21-15-14-18-8-3-4-10-20(18)16-21)23-13-7-11-19-9-5-6-12-22(19)23/h3-17,24H,1-2H3. The van der Waals surface area contributed by atoms with Gasteiger partial charge in [-0.2, -0.15) is 0 Å². The normalized spacial score (nSPS) is 12.8. The van der Waals surface area contributed by atoms with Gasteiger partial charge in [0.1, 0.15) is 0 Å². The lowest BCUT2D eigenvalue weighted by Gasteiger charge is -2.24. The first-order chi connectivity index (χ1) is 11.7. The molecule has 4 aromatic carbocycles. The molecule has 0 N–H and O–H groups in total. The molecule has 0 aliphatic rings. The van der Waals surface area contributed by atoms with Crippen molar-refractivity contribution in [2.75, 3.05) is 0 Å². The summed E-state index contributed by atoms with van der Waals surface area (Å²) in [5.41, 5.74) is 2.83. The molecule has 0 amide bonds. The Morgan fingerprint density at radius 1 is 0.583 bits per heavy atom. The average Bonchev–Trinajstić information content (AvgIpc) is 2.62. The minimum atomic E-state index is 0.403. The molecule has 0 heterocycles. The van der Waals surface area contributed by atoms with Crippen molar-refractivity contribution < 1.29 is 0 Å². The molecule has 0 spiro atoms. The summed E-state index contributed by atoms with van der Waals surface area (Å²) >= 11 is 0. The third-order valence-corrected chi connectivity index (χ3v) is 4.96. The Morgan fingerprint density at radius 3 is 2.04 bits per heavy atom. The minimum Gasteiger partial charge on any atom is -0.0619 e. The van der Waals surface area contributed by atoms with Crippen LogP contribution >= 0.6 is 0 Å². The molecule has 0 saturated heterocycles. The Balaban J connectivity index is 1.92. The first-order valence-electron chi connectivity index (χ1n) is 8.70. The molecule has 0 fully saturated rings. The second-order valence-electron chi connectivity index (χ2n) is 6.90. The summed E-state index contributed by atoms with van der Waals surface area (Å²) < 4.78 is 0. The van der Waals surface area contributed by atoms with Gasteiger partial charge in [-0.05, 0) is 38.6 Å². The number of hydrogen-bond donors (Lipinski definition) is 0. The molecule has 0 radical (unpaired) electrons. The van der Waals surface area contributed by atoms with E-state index in [0.29, 0.717) is 11.8 Å². The van der Waals surface area contributed by atoms with Gasteiger partial charge in [0.2, 0.25) is 0 Å². The van der Waals surface area contributed by atoms with Gasteiger partial charge < -0.3 is 0 Å². The Bertz CT molecular complexity index is 989. The van der Waals surface area contributed by atoms with Crippen LogP contribution in [0.15, 0.2) is 84.9 Å². The van der Waals surface area contributed by atoms with Crippen molar-refractivity contribution in [2.45, 2.75) is 19.8 Å². The zero-order chi connectivity index (χ0) is 16.5. The molecular weight excluding hydrogens is 288 g/mol. The molecule has 0 aromatic heterocycles. The molecule has 0 aliphatic carbocycles. The van der Waals surface area contributed by atoms with Crippen molar-refractivity contribution in [1.82, 2.24) is 0 Å². The maximum atomic E-state index is 2.36. The van der Waals surface area contributed by atoms with Gasteiger partial charge in [0.25, 0.3) is 0 Å². The molecule has 0 bridgehead atoms. The molecule has 0 heteroatoms. The minimum absolute atomic E-state index is 0.403. The quantitative estimate of drug-likeness (QED) is 0.391. The zero-order valence-corrected chi connectivity index (χ0v) is 14.2. The van der Waals surface area contributed by atoms with Crippen molar-refractivity contribution in [1.29, 1.82) is 0 Å². The van der Waals surface area contributed by atoms with E-state index in [1.54, 1.807) is 0 Å². The van der Waals surface area contributed by atoms with E-state index in [9.17, 15) is 0 Å². The van der Waals surface area contributed by atoms with Crippen LogP contribution in [0, 0.1) is 5.92 Å². The van der Waals surface area contributed by atoms with Crippen LogP contribution in [0.2, 0.25) is 0 Å². The average molecular weight is 310 g/mol. The molecule has 4 rings (SSSR count). The van der Waals surface area contributed by atoms with Crippen LogP contribution in [0.1, 0.15) is 30.9 Å².